The van der Waals surface area contributed by atoms with Crippen LogP contribution in [0.3, 0.4) is 0 Å². The summed E-state index contributed by atoms with van der Waals surface area (Å²) in [5.41, 5.74) is 7.45. The van der Waals surface area contributed by atoms with Gasteiger partial charge in [0.15, 0.2) is 0 Å². The lowest BCUT2D eigenvalue weighted by Gasteiger charge is -2.30. The molecule has 0 amide bonds. The average molecular weight is 276 g/mol. The zero-order valence-electron chi connectivity index (χ0n) is 12.2. The molecule has 20 heavy (non-hydrogen) atoms. The molecule has 0 saturated carbocycles. The molecule has 1 saturated heterocycles. The minimum Gasteiger partial charge on any atom is -0.378 e. The Hall–Kier alpha value is -1.39. The third-order valence-electron chi connectivity index (χ3n) is 3.94. The number of morpholine rings is 1. The standard InChI is InChI=1S/C16H24N2O2/c1-2-3-8-16(17,13-19)14-4-6-15(7-5-14)18-9-11-20-12-10-18/h4-7,13H,2-3,8-12,17H2,1H3. The highest BCUT2D eigenvalue weighted by molar-refractivity contribution is 5.68. The number of rotatable bonds is 6. The van der Waals surface area contributed by atoms with E-state index in [4.69, 9.17) is 10.5 Å². The van der Waals surface area contributed by atoms with Crippen molar-refractivity contribution in [2.75, 3.05) is 31.2 Å². The lowest BCUT2D eigenvalue weighted by Crippen LogP contribution is -2.39. The fourth-order valence-electron chi connectivity index (χ4n) is 2.54. The lowest BCUT2D eigenvalue weighted by atomic mass is 9.87. The van der Waals surface area contributed by atoms with Crippen molar-refractivity contribution in [3.63, 3.8) is 0 Å². The molecule has 4 nitrogen and oxygen atoms in total. The van der Waals surface area contributed by atoms with E-state index in [9.17, 15) is 4.79 Å². The van der Waals surface area contributed by atoms with Crippen molar-refractivity contribution in [3.8, 4) is 0 Å². The molecule has 110 valence electrons. The van der Waals surface area contributed by atoms with Crippen molar-refractivity contribution in [1.29, 1.82) is 0 Å². The van der Waals surface area contributed by atoms with Crippen LogP contribution in [0.15, 0.2) is 24.3 Å². The summed E-state index contributed by atoms with van der Waals surface area (Å²) in [6.07, 6.45) is 3.58. The highest BCUT2D eigenvalue weighted by Crippen LogP contribution is 2.25. The predicted octanol–water partition coefficient (Wildman–Crippen LogP) is 2.07. The van der Waals surface area contributed by atoms with Crippen molar-refractivity contribution in [1.82, 2.24) is 0 Å². The molecular weight excluding hydrogens is 252 g/mol. The van der Waals surface area contributed by atoms with Gasteiger partial charge in [0.2, 0.25) is 0 Å². The summed E-state index contributed by atoms with van der Waals surface area (Å²) < 4.78 is 5.35. The smallest absolute Gasteiger partial charge is 0.144 e. The maximum Gasteiger partial charge on any atom is 0.144 e. The molecule has 1 heterocycles. The van der Waals surface area contributed by atoms with Crippen LogP contribution in [0.1, 0.15) is 31.7 Å². The van der Waals surface area contributed by atoms with Crippen LogP contribution in [-0.2, 0) is 15.1 Å². The summed E-state index contributed by atoms with van der Waals surface area (Å²) >= 11 is 0. The second-order valence-electron chi connectivity index (χ2n) is 5.41. The van der Waals surface area contributed by atoms with Crippen LogP contribution in [-0.4, -0.2) is 32.6 Å². The molecule has 0 aliphatic carbocycles. The second-order valence-corrected chi connectivity index (χ2v) is 5.41. The molecule has 1 unspecified atom stereocenters. The number of hydrogen-bond acceptors (Lipinski definition) is 4. The maximum absolute atomic E-state index is 11.4. The van der Waals surface area contributed by atoms with Crippen LogP contribution in [0.5, 0.6) is 0 Å². The normalized spacial score (nSPS) is 18.6. The van der Waals surface area contributed by atoms with E-state index >= 15 is 0 Å². The number of nitrogens with zero attached hydrogens (tertiary/aromatic N) is 1. The maximum atomic E-state index is 11.4. The van der Waals surface area contributed by atoms with E-state index in [1.165, 1.54) is 5.69 Å². The Bertz CT molecular complexity index is 427. The minimum absolute atomic E-state index is 0.698. The highest BCUT2D eigenvalue weighted by atomic mass is 16.5. The minimum atomic E-state index is -0.848. The number of carbonyl (C=O) groups is 1. The van der Waals surface area contributed by atoms with Gasteiger partial charge in [-0.05, 0) is 24.1 Å². The molecule has 0 radical (unpaired) electrons. The number of anilines is 1. The van der Waals surface area contributed by atoms with Crippen molar-refractivity contribution in [2.45, 2.75) is 31.7 Å². The fourth-order valence-corrected chi connectivity index (χ4v) is 2.54. The molecule has 2 N–H and O–H groups in total. The quantitative estimate of drug-likeness (QED) is 0.808. The topological polar surface area (TPSA) is 55.6 Å². The van der Waals surface area contributed by atoms with Crippen LogP contribution >= 0.6 is 0 Å². The van der Waals surface area contributed by atoms with Gasteiger partial charge in [-0.3, -0.25) is 0 Å². The van der Waals surface area contributed by atoms with Crippen LogP contribution < -0.4 is 10.6 Å². The van der Waals surface area contributed by atoms with Crippen molar-refractivity contribution in [2.24, 2.45) is 5.73 Å². The average Bonchev–Trinajstić information content (AvgIpc) is 2.53. The second kappa shape index (κ2) is 6.86. The largest absolute Gasteiger partial charge is 0.378 e. The first-order valence-corrected chi connectivity index (χ1v) is 7.38. The van der Waals surface area contributed by atoms with Gasteiger partial charge < -0.3 is 20.2 Å². The number of unbranched alkanes of at least 4 members (excludes halogenated alkanes) is 1. The third-order valence-corrected chi connectivity index (χ3v) is 3.94. The molecule has 1 fully saturated rings. The Labute approximate surface area is 120 Å². The van der Waals surface area contributed by atoms with E-state index in [2.05, 4.69) is 24.0 Å². The summed E-state index contributed by atoms with van der Waals surface area (Å²) in [4.78, 5) is 13.7. The Morgan fingerprint density at radius 1 is 1.30 bits per heavy atom. The molecule has 1 aromatic carbocycles. The predicted molar refractivity (Wildman–Crippen MR) is 80.9 cm³/mol. The van der Waals surface area contributed by atoms with E-state index in [1.807, 2.05) is 12.1 Å². The van der Waals surface area contributed by atoms with E-state index in [0.717, 1.165) is 51.0 Å². The van der Waals surface area contributed by atoms with Crippen molar-refractivity contribution >= 4 is 12.0 Å². The van der Waals surface area contributed by atoms with Crippen LogP contribution in [0.2, 0.25) is 0 Å². The monoisotopic (exact) mass is 276 g/mol. The molecule has 0 spiro atoms. The highest BCUT2D eigenvalue weighted by Gasteiger charge is 2.26. The van der Waals surface area contributed by atoms with Crippen molar-refractivity contribution in [3.05, 3.63) is 29.8 Å². The van der Waals surface area contributed by atoms with Crippen LogP contribution in [0, 0.1) is 0 Å². The van der Waals surface area contributed by atoms with Crippen molar-refractivity contribution < 1.29 is 9.53 Å². The number of aldehydes is 1. The van der Waals surface area contributed by atoms with Gasteiger partial charge in [0.05, 0.1) is 18.8 Å². The SMILES string of the molecule is CCCCC(N)(C=O)c1ccc(N2CCOCC2)cc1. The number of hydrogen-bond donors (Lipinski definition) is 1. The Morgan fingerprint density at radius 3 is 2.50 bits per heavy atom. The van der Waals surface area contributed by atoms with Gasteiger partial charge in [-0.15, -0.1) is 0 Å². The zero-order valence-corrected chi connectivity index (χ0v) is 12.2. The first-order valence-electron chi connectivity index (χ1n) is 7.38. The Kier molecular flexibility index (Phi) is 5.15. The molecule has 1 aliphatic heterocycles. The van der Waals surface area contributed by atoms with E-state index in [0.29, 0.717) is 6.42 Å². The van der Waals surface area contributed by atoms with E-state index in [1.54, 1.807) is 0 Å². The summed E-state index contributed by atoms with van der Waals surface area (Å²) in [5, 5.41) is 0. The van der Waals surface area contributed by atoms with Gasteiger partial charge in [0, 0.05) is 18.8 Å². The molecule has 4 heteroatoms. The first-order chi connectivity index (χ1) is 9.69. The van der Waals surface area contributed by atoms with E-state index < -0.39 is 5.54 Å². The van der Waals surface area contributed by atoms with Gasteiger partial charge >= 0.3 is 0 Å². The molecule has 1 aliphatic rings. The van der Waals surface area contributed by atoms with Crippen LogP contribution in [0.25, 0.3) is 0 Å². The lowest BCUT2D eigenvalue weighted by molar-refractivity contribution is -0.112. The van der Waals surface area contributed by atoms with Crippen LogP contribution in [0.4, 0.5) is 5.69 Å². The number of benzene rings is 1. The van der Waals surface area contributed by atoms with E-state index in [-0.39, 0.29) is 0 Å². The fraction of sp³-hybridized carbons (Fsp3) is 0.562. The van der Waals surface area contributed by atoms with Gasteiger partial charge in [-0.25, -0.2) is 0 Å². The Morgan fingerprint density at radius 2 is 1.95 bits per heavy atom. The summed E-state index contributed by atoms with van der Waals surface area (Å²) in [6, 6.07) is 8.07. The molecule has 0 aromatic heterocycles. The summed E-state index contributed by atoms with van der Waals surface area (Å²) in [6.45, 7) is 5.47. The van der Waals surface area contributed by atoms with Gasteiger partial charge in [-0.1, -0.05) is 31.9 Å². The molecule has 2 rings (SSSR count). The molecule has 1 atom stereocenters. The molecule has 0 bridgehead atoms. The van der Waals surface area contributed by atoms with Gasteiger partial charge in [0.1, 0.15) is 6.29 Å². The molecular formula is C16H24N2O2. The molecule has 1 aromatic rings. The first kappa shape index (κ1) is 15.0. The number of carbonyl (C=O) groups excluding carboxylic acids is 1. The third kappa shape index (κ3) is 3.38. The Balaban J connectivity index is 2.11. The number of nitrogens with two attached hydrogens (primary N) is 1. The zero-order chi connectivity index (χ0) is 14.4. The van der Waals surface area contributed by atoms with Gasteiger partial charge in [0.25, 0.3) is 0 Å². The summed E-state index contributed by atoms with van der Waals surface area (Å²) in [7, 11) is 0. The summed E-state index contributed by atoms with van der Waals surface area (Å²) in [5.74, 6) is 0. The number of ether oxygens (including phenoxy) is 1. The van der Waals surface area contributed by atoms with Gasteiger partial charge in [-0.2, -0.15) is 0 Å².